The summed E-state index contributed by atoms with van der Waals surface area (Å²) < 4.78 is 1.16. The topological polar surface area (TPSA) is 3.24 Å². The molecule has 100 valence electrons. The lowest BCUT2D eigenvalue weighted by molar-refractivity contribution is 1.31. The molecular formula is C17H14BrNS. The number of hydrogen-bond donors (Lipinski definition) is 0. The monoisotopic (exact) mass is 343 g/mol. The second kappa shape index (κ2) is 5.81. The van der Waals surface area contributed by atoms with Crippen LogP contribution >= 0.6 is 27.3 Å². The first kappa shape index (κ1) is 13.4. The summed E-state index contributed by atoms with van der Waals surface area (Å²) in [6.45, 7) is 2.13. The smallest absolute Gasteiger partial charge is 0.101 e. The minimum atomic E-state index is 1.16. The van der Waals surface area contributed by atoms with E-state index in [-0.39, 0.29) is 0 Å². The highest BCUT2D eigenvalue weighted by Gasteiger charge is 2.15. The molecule has 0 unspecified atom stereocenters. The van der Waals surface area contributed by atoms with Crippen LogP contribution < -0.4 is 4.90 Å². The second-order valence-corrected chi connectivity index (χ2v) is 6.58. The highest BCUT2D eigenvalue weighted by molar-refractivity contribution is 9.10. The standard InChI is InChI=1S/C17H14BrNS/c1-13-16(18)12-17(20-13)19(14-8-4-2-5-9-14)15-10-6-3-7-11-15/h2-12H,1H3. The van der Waals surface area contributed by atoms with E-state index in [0.29, 0.717) is 0 Å². The number of aryl methyl sites for hydroxylation is 1. The summed E-state index contributed by atoms with van der Waals surface area (Å²) in [6.07, 6.45) is 0. The van der Waals surface area contributed by atoms with Gasteiger partial charge in [-0.1, -0.05) is 36.4 Å². The SMILES string of the molecule is Cc1sc(N(c2ccccc2)c2ccccc2)cc1Br. The Balaban J connectivity index is 2.14. The third kappa shape index (κ3) is 2.65. The van der Waals surface area contributed by atoms with Crippen LogP contribution in [0.25, 0.3) is 0 Å². The summed E-state index contributed by atoms with van der Waals surface area (Å²) in [5.74, 6) is 0. The summed E-state index contributed by atoms with van der Waals surface area (Å²) in [7, 11) is 0. The first-order valence-electron chi connectivity index (χ1n) is 6.42. The molecule has 0 atom stereocenters. The van der Waals surface area contributed by atoms with Gasteiger partial charge in [0.1, 0.15) is 5.00 Å². The minimum absolute atomic E-state index is 1.16. The molecule has 1 aromatic heterocycles. The first-order chi connectivity index (χ1) is 9.75. The quantitative estimate of drug-likeness (QED) is 0.540. The Kier molecular flexibility index (Phi) is 3.90. The lowest BCUT2D eigenvalue weighted by Crippen LogP contribution is -2.07. The largest absolute Gasteiger partial charge is 0.302 e. The van der Waals surface area contributed by atoms with Crippen LogP contribution in [-0.4, -0.2) is 0 Å². The molecule has 0 radical (unpaired) electrons. The number of rotatable bonds is 3. The van der Waals surface area contributed by atoms with Gasteiger partial charge < -0.3 is 4.90 Å². The van der Waals surface area contributed by atoms with Gasteiger partial charge in [0, 0.05) is 20.7 Å². The number of nitrogens with zero attached hydrogens (tertiary/aromatic N) is 1. The van der Waals surface area contributed by atoms with E-state index in [1.54, 1.807) is 11.3 Å². The van der Waals surface area contributed by atoms with Crippen molar-refractivity contribution in [3.63, 3.8) is 0 Å². The van der Waals surface area contributed by atoms with E-state index in [9.17, 15) is 0 Å². The zero-order valence-electron chi connectivity index (χ0n) is 11.1. The van der Waals surface area contributed by atoms with E-state index in [0.717, 1.165) is 4.47 Å². The van der Waals surface area contributed by atoms with Gasteiger partial charge in [0.15, 0.2) is 0 Å². The molecule has 1 heterocycles. The average Bonchev–Trinajstić information content (AvgIpc) is 2.81. The molecule has 0 N–H and O–H groups in total. The average molecular weight is 344 g/mol. The predicted molar refractivity (Wildman–Crippen MR) is 91.4 cm³/mol. The summed E-state index contributed by atoms with van der Waals surface area (Å²) >= 11 is 5.40. The molecule has 0 aliphatic heterocycles. The third-order valence-corrected chi connectivity index (χ3v) is 5.22. The molecule has 2 aromatic carbocycles. The van der Waals surface area contributed by atoms with Gasteiger partial charge in [-0.3, -0.25) is 0 Å². The van der Waals surface area contributed by atoms with Crippen molar-refractivity contribution in [2.24, 2.45) is 0 Å². The van der Waals surface area contributed by atoms with Gasteiger partial charge in [-0.2, -0.15) is 0 Å². The number of para-hydroxylation sites is 2. The van der Waals surface area contributed by atoms with E-state index < -0.39 is 0 Å². The summed E-state index contributed by atoms with van der Waals surface area (Å²) in [4.78, 5) is 3.57. The van der Waals surface area contributed by atoms with Gasteiger partial charge >= 0.3 is 0 Å². The molecule has 0 saturated heterocycles. The molecule has 20 heavy (non-hydrogen) atoms. The highest BCUT2D eigenvalue weighted by atomic mass is 79.9. The van der Waals surface area contributed by atoms with E-state index in [2.05, 4.69) is 82.4 Å². The molecule has 0 aliphatic rings. The van der Waals surface area contributed by atoms with Crippen molar-refractivity contribution in [1.82, 2.24) is 0 Å². The molecule has 0 amide bonds. The van der Waals surface area contributed by atoms with Gasteiger partial charge in [0.2, 0.25) is 0 Å². The maximum absolute atomic E-state index is 3.61. The Morgan fingerprint density at radius 3 is 1.75 bits per heavy atom. The maximum Gasteiger partial charge on any atom is 0.101 e. The zero-order valence-corrected chi connectivity index (χ0v) is 13.5. The van der Waals surface area contributed by atoms with E-state index >= 15 is 0 Å². The van der Waals surface area contributed by atoms with Gasteiger partial charge in [-0.25, -0.2) is 0 Å². The Bertz CT molecular complexity index is 633. The maximum atomic E-state index is 3.61. The molecule has 0 bridgehead atoms. The van der Waals surface area contributed by atoms with Crippen molar-refractivity contribution in [2.75, 3.05) is 4.90 Å². The number of halogens is 1. The number of hydrogen-bond acceptors (Lipinski definition) is 2. The fourth-order valence-corrected chi connectivity index (χ4v) is 3.67. The molecule has 0 saturated carbocycles. The van der Waals surface area contributed by atoms with Crippen LogP contribution in [0.2, 0.25) is 0 Å². The summed E-state index contributed by atoms with van der Waals surface area (Å²) in [5, 5.41) is 1.21. The first-order valence-corrected chi connectivity index (χ1v) is 8.03. The molecule has 3 rings (SSSR count). The van der Waals surface area contributed by atoms with E-state index in [4.69, 9.17) is 0 Å². The van der Waals surface area contributed by atoms with Crippen molar-refractivity contribution in [2.45, 2.75) is 6.92 Å². The highest BCUT2D eigenvalue weighted by Crippen LogP contribution is 2.41. The van der Waals surface area contributed by atoms with Crippen molar-refractivity contribution in [1.29, 1.82) is 0 Å². The third-order valence-electron chi connectivity index (χ3n) is 3.09. The van der Waals surface area contributed by atoms with Crippen LogP contribution in [-0.2, 0) is 0 Å². The molecular weight excluding hydrogens is 330 g/mol. The Hall–Kier alpha value is -1.58. The lowest BCUT2D eigenvalue weighted by atomic mass is 10.2. The molecule has 3 aromatic rings. The van der Waals surface area contributed by atoms with Crippen LogP contribution in [0.15, 0.2) is 71.2 Å². The summed E-state index contributed by atoms with van der Waals surface area (Å²) in [6, 6.07) is 23.1. The van der Waals surface area contributed by atoms with Crippen molar-refractivity contribution in [3.8, 4) is 0 Å². The predicted octanol–water partition coefficient (Wildman–Crippen LogP) is 6.29. The van der Waals surface area contributed by atoms with Crippen LogP contribution in [0.1, 0.15) is 4.88 Å². The molecule has 3 heteroatoms. The van der Waals surface area contributed by atoms with Crippen LogP contribution in [0.5, 0.6) is 0 Å². The Morgan fingerprint density at radius 2 is 1.35 bits per heavy atom. The number of thiophene rings is 1. The van der Waals surface area contributed by atoms with Crippen molar-refractivity contribution in [3.05, 3.63) is 76.1 Å². The minimum Gasteiger partial charge on any atom is -0.302 e. The number of anilines is 3. The molecule has 0 spiro atoms. The second-order valence-electron chi connectivity index (χ2n) is 4.50. The van der Waals surface area contributed by atoms with Gasteiger partial charge in [-0.15, -0.1) is 11.3 Å². The molecule has 0 aliphatic carbocycles. The fourth-order valence-electron chi connectivity index (χ4n) is 2.11. The van der Waals surface area contributed by atoms with Crippen molar-refractivity contribution < 1.29 is 0 Å². The summed E-state index contributed by atoms with van der Waals surface area (Å²) in [5.41, 5.74) is 2.35. The Labute approximate surface area is 131 Å². The molecule has 0 fully saturated rings. The van der Waals surface area contributed by atoms with E-state index in [1.807, 2.05) is 12.1 Å². The lowest BCUT2D eigenvalue weighted by Gasteiger charge is -2.23. The van der Waals surface area contributed by atoms with Crippen molar-refractivity contribution >= 4 is 43.6 Å². The van der Waals surface area contributed by atoms with Gasteiger partial charge in [0.05, 0.1) is 0 Å². The zero-order chi connectivity index (χ0) is 13.9. The van der Waals surface area contributed by atoms with Crippen LogP contribution in [0.4, 0.5) is 16.4 Å². The molecule has 1 nitrogen and oxygen atoms in total. The van der Waals surface area contributed by atoms with Gasteiger partial charge in [0.25, 0.3) is 0 Å². The van der Waals surface area contributed by atoms with Gasteiger partial charge in [-0.05, 0) is 53.2 Å². The number of benzene rings is 2. The van der Waals surface area contributed by atoms with Crippen LogP contribution in [0, 0.1) is 6.92 Å². The fraction of sp³-hybridized carbons (Fsp3) is 0.0588. The normalized spacial score (nSPS) is 10.5. The van der Waals surface area contributed by atoms with Crippen LogP contribution in [0.3, 0.4) is 0 Å². The Morgan fingerprint density at radius 1 is 0.850 bits per heavy atom. The van der Waals surface area contributed by atoms with E-state index in [1.165, 1.54) is 21.3 Å².